The van der Waals surface area contributed by atoms with E-state index in [9.17, 15) is 0 Å². The molecule has 68 valence electrons. The quantitative estimate of drug-likeness (QED) is 0.624. The third-order valence-corrected chi connectivity index (χ3v) is 1.67. The van der Waals surface area contributed by atoms with Crippen LogP contribution in [0.15, 0.2) is 0 Å². The largest absolute Gasteiger partial charge is 0.307 e. The molecule has 0 saturated carbocycles. The van der Waals surface area contributed by atoms with E-state index in [1.807, 2.05) is 7.05 Å². The molecule has 0 heterocycles. The highest BCUT2D eigenvalue weighted by Crippen LogP contribution is 2.17. The first kappa shape index (κ1) is 10.9. The molecule has 0 rings (SSSR count). The third kappa shape index (κ3) is 7.82. The highest BCUT2D eigenvalue weighted by Gasteiger charge is 2.10. The van der Waals surface area contributed by atoms with Gasteiger partial charge < -0.3 is 5.32 Å². The van der Waals surface area contributed by atoms with E-state index in [4.69, 9.17) is 0 Å². The minimum atomic E-state index is 0.460. The lowest BCUT2D eigenvalue weighted by atomic mass is 9.92. The molecule has 0 aromatic carbocycles. The van der Waals surface area contributed by atoms with Gasteiger partial charge in [-0.2, -0.15) is 0 Å². The molecular weight excluding hydrogens is 136 g/mol. The molecule has 0 amide bonds. The van der Waals surface area contributed by atoms with E-state index >= 15 is 0 Å². The maximum Gasteiger partial charge on any atom is 0.0475 e. The van der Waals surface area contributed by atoms with Crippen molar-refractivity contribution in [2.75, 3.05) is 27.3 Å². The monoisotopic (exact) mass is 158 g/mol. The minimum absolute atomic E-state index is 0.460. The first-order valence-electron chi connectivity index (χ1n) is 4.29. The van der Waals surface area contributed by atoms with E-state index in [-0.39, 0.29) is 0 Å². The van der Waals surface area contributed by atoms with Gasteiger partial charge in [-0.05, 0) is 32.5 Å². The summed E-state index contributed by atoms with van der Waals surface area (Å²) in [4.78, 5) is 2.30. The van der Waals surface area contributed by atoms with Crippen molar-refractivity contribution in [2.24, 2.45) is 5.41 Å². The zero-order valence-corrected chi connectivity index (χ0v) is 8.57. The topological polar surface area (TPSA) is 15.3 Å². The van der Waals surface area contributed by atoms with Crippen molar-refractivity contribution in [1.29, 1.82) is 0 Å². The van der Waals surface area contributed by atoms with Crippen LogP contribution in [0.5, 0.6) is 0 Å². The Bertz CT molecular complexity index is 94.2. The molecule has 0 aliphatic rings. The van der Waals surface area contributed by atoms with Crippen molar-refractivity contribution < 1.29 is 0 Å². The lowest BCUT2D eigenvalue weighted by Gasteiger charge is -2.23. The second kappa shape index (κ2) is 4.73. The normalized spacial score (nSPS) is 12.5. The zero-order chi connectivity index (χ0) is 8.91. The van der Waals surface area contributed by atoms with Crippen LogP contribution in [0.4, 0.5) is 0 Å². The maximum absolute atomic E-state index is 3.13. The molecule has 0 atom stereocenters. The van der Waals surface area contributed by atoms with Gasteiger partial charge in [0.25, 0.3) is 0 Å². The van der Waals surface area contributed by atoms with Crippen molar-refractivity contribution >= 4 is 0 Å². The standard InChI is InChI=1S/C9H22N2/c1-9(2,3)6-7-11(5)8-10-4/h10H,6-8H2,1-5H3. The molecule has 0 aliphatic heterocycles. The van der Waals surface area contributed by atoms with Gasteiger partial charge in [-0.1, -0.05) is 20.8 Å². The Balaban J connectivity index is 3.38. The molecule has 2 heteroatoms. The first-order chi connectivity index (χ1) is 4.95. The summed E-state index contributed by atoms with van der Waals surface area (Å²) in [6.45, 7) is 8.99. The van der Waals surface area contributed by atoms with Crippen molar-refractivity contribution in [3.05, 3.63) is 0 Å². The Kier molecular flexibility index (Phi) is 4.69. The molecule has 0 fully saturated rings. The lowest BCUT2D eigenvalue weighted by molar-refractivity contribution is 0.255. The van der Waals surface area contributed by atoms with Gasteiger partial charge in [-0.25, -0.2) is 0 Å². The third-order valence-electron chi connectivity index (χ3n) is 1.67. The number of nitrogens with one attached hydrogen (secondary N) is 1. The van der Waals surface area contributed by atoms with Crippen molar-refractivity contribution in [2.45, 2.75) is 27.2 Å². The van der Waals surface area contributed by atoms with Gasteiger partial charge in [-0.15, -0.1) is 0 Å². The predicted octanol–water partition coefficient (Wildman–Crippen LogP) is 1.53. The molecule has 0 radical (unpaired) electrons. The Labute approximate surface area is 71.0 Å². The molecule has 0 aliphatic carbocycles. The van der Waals surface area contributed by atoms with Gasteiger partial charge in [-0.3, -0.25) is 4.90 Å². The van der Waals surface area contributed by atoms with Crippen LogP contribution >= 0.6 is 0 Å². The summed E-state index contributed by atoms with van der Waals surface area (Å²) in [5.74, 6) is 0. The molecule has 1 N–H and O–H groups in total. The number of nitrogens with zero attached hydrogens (tertiary/aromatic N) is 1. The summed E-state index contributed by atoms with van der Waals surface area (Å²) < 4.78 is 0. The Morgan fingerprint density at radius 3 is 2.18 bits per heavy atom. The molecule has 0 aromatic heterocycles. The minimum Gasteiger partial charge on any atom is -0.307 e. The first-order valence-corrected chi connectivity index (χ1v) is 4.29. The van der Waals surface area contributed by atoms with Crippen LogP contribution in [0.1, 0.15) is 27.2 Å². The molecule has 2 nitrogen and oxygen atoms in total. The van der Waals surface area contributed by atoms with Gasteiger partial charge in [0.05, 0.1) is 0 Å². The summed E-state index contributed by atoms with van der Waals surface area (Å²) in [6, 6.07) is 0. The van der Waals surface area contributed by atoms with Crippen LogP contribution in [0.3, 0.4) is 0 Å². The summed E-state index contributed by atoms with van der Waals surface area (Å²) in [5.41, 5.74) is 0.460. The fraction of sp³-hybridized carbons (Fsp3) is 1.00. The van der Waals surface area contributed by atoms with E-state index in [0.717, 1.165) is 6.67 Å². The van der Waals surface area contributed by atoms with Gasteiger partial charge in [0, 0.05) is 6.67 Å². The van der Waals surface area contributed by atoms with Crippen molar-refractivity contribution in [3.8, 4) is 0 Å². The fourth-order valence-electron chi connectivity index (χ4n) is 0.875. The second-order valence-electron chi connectivity index (χ2n) is 4.40. The van der Waals surface area contributed by atoms with Crippen LogP contribution < -0.4 is 5.32 Å². The molecule has 0 aromatic rings. The highest BCUT2D eigenvalue weighted by molar-refractivity contribution is 4.63. The Morgan fingerprint density at radius 2 is 1.82 bits per heavy atom. The van der Waals surface area contributed by atoms with Crippen LogP contribution in [0.2, 0.25) is 0 Å². The van der Waals surface area contributed by atoms with Gasteiger partial charge in [0.15, 0.2) is 0 Å². The predicted molar refractivity (Wildman–Crippen MR) is 50.6 cm³/mol. The molecule has 0 bridgehead atoms. The molecular formula is C9H22N2. The fourth-order valence-corrected chi connectivity index (χ4v) is 0.875. The van der Waals surface area contributed by atoms with Crippen LogP contribution in [0.25, 0.3) is 0 Å². The average molecular weight is 158 g/mol. The van der Waals surface area contributed by atoms with E-state index in [2.05, 4.69) is 38.0 Å². The summed E-state index contributed by atoms with van der Waals surface area (Å²) >= 11 is 0. The van der Waals surface area contributed by atoms with Crippen molar-refractivity contribution in [3.63, 3.8) is 0 Å². The van der Waals surface area contributed by atoms with Crippen molar-refractivity contribution in [1.82, 2.24) is 10.2 Å². The van der Waals surface area contributed by atoms with E-state index in [1.54, 1.807) is 0 Å². The highest BCUT2D eigenvalue weighted by atomic mass is 15.2. The molecule has 0 unspecified atom stereocenters. The Morgan fingerprint density at radius 1 is 1.27 bits per heavy atom. The van der Waals surface area contributed by atoms with Gasteiger partial charge >= 0.3 is 0 Å². The van der Waals surface area contributed by atoms with Crippen LogP contribution in [-0.2, 0) is 0 Å². The van der Waals surface area contributed by atoms with E-state index in [1.165, 1.54) is 13.0 Å². The molecule has 0 saturated heterocycles. The summed E-state index contributed by atoms with van der Waals surface area (Å²) in [7, 11) is 4.12. The summed E-state index contributed by atoms with van der Waals surface area (Å²) in [6.07, 6.45) is 1.26. The second-order valence-corrected chi connectivity index (χ2v) is 4.40. The van der Waals surface area contributed by atoms with Crippen LogP contribution in [-0.4, -0.2) is 32.2 Å². The van der Waals surface area contributed by atoms with E-state index < -0.39 is 0 Å². The Hall–Kier alpha value is -0.0800. The van der Waals surface area contributed by atoms with Gasteiger partial charge in [0.2, 0.25) is 0 Å². The molecule has 0 spiro atoms. The molecule has 11 heavy (non-hydrogen) atoms. The number of hydrogen-bond acceptors (Lipinski definition) is 2. The zero-order valence-electron chi connectivity index (χ0n) is 8.57. The van der Waals surface area contributed by atoms with E-state index in [0.29, 0.717) is 5.41 Å². The van der Waals surface area contributed by atoms with Crippen LogP contribution in [0, 0.1) is 5.41 Å². The SMILES string of the molecule is CNCN(C)CCC(C)(C)C. The lowest BCUT2D eigenvalue weighted by Crippen LogP contribution is -2.31. The number of rotatable bonds is 4. The maximum atomic E-state index is 3.13. The van der Waals surface area contributed by atoms with Gasteiger partial charge in [0.1, 0.15) is 0 Å². The smallest absolute Gasteiger partial charge is 0.0475 e. The summed E-state index contributed by atoms with van der Waals surface area (Å²) in [5, 5.41) is 3.13. The average Bonchev–Trinajstić information content (AvgIpc) is 1.83. The number of hydrogen-bond donors (Lipinski definition) is 1.